The van der Waals surface area contributed by atoms with Crippen LogP contribution in [0.5, 0.6) is 11.5 Å². The summed E-state index contributed by atoms with van der Waals surface area (Å²) in [5.41, 5.74) is 2.92. The van der Waals surface area contributed by atoms with Gasteiger partial charge in [-0.3, -0.25) is 0 Å². The largest absolute Gasteiger partial charge is 0.457 e. The zero-order valence-corrected chi connectivity index (χ0v) is 15.5. The first kappa shape index (κ1) is 17.4. The number of allylic oxidation sites excluding steroid dienone is 1. The number of rotatable bonds is 4. The number of hydrogen-bond donors (Lipinski definition) is 2. The normalized spacial score (nSPS) is 18.0. The van der Waals surface area contributed by atoms with Crippen LogP contribution >= 0.6 is 12.2 Å². The number of hydrogen-bond acceptors (Lipinski definition) is 5. The molecule has 2 aromatic carbocycles. The Morgan fingerprint density at radius 2 is 1.96 bits per heavy atom. The Balaban J connectivity index is 1.60. The van der Waals surface area contributed by atoms with Crippen molar-refractivity contribution >= 4 is 23.3 Å². The van der Waals surface area contributed by atoms with Gasteiger partial charge in [0.25, 0.3) is 0 Å². The third-order valence-corrected chi connectivity index (χ3v) is 4.65. The van der Waals surface area contributed by atoms with Gasteiger partial charge in [0, 0.05) is 5.70 Å². The summed E-state index contributed by atoms with van der Waals surface area (Å²) < 4.78 is 16.4. The molecule has 0 unspecified atom stereocenters. The highest BCUT2D eigenvalue weighted by Crippen LogP contribution is 2.37. The van der Waals surface area contributed by atoms with Crippen molar-refractivity contribution in [3.05, 3.63) is 70.9 Å². The minimum Gasteiger partial charge on any atom is -0.457 e. The molecule has 138 valence electrons. The van der Waals surface area contributed by atoms with Crippen LogP contribution in [-0.2, 0) is 16.1 Å². The van der Waals surface area contributed by atoms with Crippen molar-refractivity contribution in [1.29, 1.82) is 0 Å². The molecule has 0 bridgehead atoms. The summed E-state index contributed by atoms with van der Waals surface area (Å²) in [4.78, 5) is 12.8. The van der Waals surface area contributed by atoms with Gasteiger partial charge in [0.05, 0.1) is 11.6 Å². The molecule has 0 amide bonds. The molecular formula is C20H18N2O4S. The average Bonchev–Trinajstić information content (AvgIpc) is 3.14. The lowest BCUT2D eigenvalue weighted by Crippen LogP contribution is -2.45. The summed E-state index contributed by atoms with van der Waals surface area (Å²) in [6.45, 7) is 2.21. The number of carbonyl (C=O) groups is 1. The Hall–Kier alpha value is -3.06. The molecule has 1 atom stereocenters. The third-order valence-electron chi connectivity index (χ3n) is 4.43. The van der Waals surface area contributed by atoms with E-state index in [4.69, 9.17) is 26.4 Å². The molecule has 0 fully saturated rings. The summed E-state index contributed by atoms with van der Waals surface area (Å²) in [6.07, 6.45) is 0. The predicted molar refractivity (Wildman–Crippen MR) is 103 cm³/mol. The second kappa shape index (κ2) is 7.28. The van der Waals surface area contributed by atoms with Crippen LogP contribution in [0.2, 0.25) is 0 Å². The molecule has 2 aromatic rings. The molecule has 7 heteroatoms. The maximum Gasteiger partial charge on any atom is 0.338 e. The van der Waals surface area contributed by atoms with E-state index in [9.17, 15) is 4.79 Å². The second-order valence-corrected chi connectivity index (χ2v) is 6.65. The highest BCUT2D eigenvalue weighted by atomic mass is 32.1. The smallest absolute Gasteiger partial charge is 0.338 e. The van der Waals surface area contributed by atoms with E-state index in [1.54, 1.807) is 0 Å². The van der Waals surface area contributed by atoms with Crippen molar-refractivity contribution < 1.29 is 19.0 Å². The second-order valence-electron chi connectivity index (χ2n) is 6.24. The van der Waals surface area contributed by atoms with Gasteiger partial charge in [-0.15, -0.1) is 0 Å². The fraction of sp³-hybridized carbons (Fsp3) is 0.200. The molecule has 0 spiro atoms. The number of ether oxygens (including phenoxy) is 3. The molecule has 0 saturated carbocycles. The van der Waals surface area contributed by atoms with Gasteiger partial charge in [-0.25, -0.2) is 4.79 Å². The Bertz CT molecular complexity index is 927. The van der Waals surface area contributed by atoms with Crippen LogP contribution in [0.3, 0.4) is 0 Å². The number of carbonyl (C=O) groups excluding carboxylic acids is 1. The lowest BCUT2D eigenvalue weighted by atomic mass is 9.95. The molecule has 4 rings (SSSR count). The number of esters is 1. The Kier molecular flexibility index (Phi) is 4.68. The lowest BCUT2D eigenvalue weighted by Gasteiger charge is -2.30. The van der Waals surface area contributed by atoms with Crippen molar-refractivity contribution in [2.24, 2.45) is 0 Å². The van der Waals surface area contributed by atoms with Crippen molar-refractivity contribution in [2.75, 3.05) is 6.79 Å². The highest BCUT2D eigenvalue weighted by molar-refractivity contribution is 7.80. The van der Waals surface area contributed by atoms with Crippen LogP contribution in [0.15, 0.2) is 59.8 Å². The molecule has 0 radical (unpaired) electrons. The number of thiocarbonyl (C=S) groups is 1. The molecule has 2 aliphatic heterocycles. The first-order valence-corrected chi connectivity index (χ1v) is 8.91. The van der Waals surface area contributed by atoms with E-state index < -0.39 is 12.0 Å². The monoisotopic (exact) mass is 382 g/mol. The van der Waals surface area contributed by atoms with Crippen LogP contribution in [0.25, 0.3) is 0 Å². The predicted octanol–water partition coefficient (Wildman–Crippen LogP) is 2.95. The Morgan fingerprint density at radius 3 is 2.78 bits per heavy atom. The molecule has 2 N–H and O–H groups in total. The van der Waals surface area contributed by atoms with E-state index in [2.05, 4.69) is 10.6 Å². The molecule has 0 aromatic heterocycles. The van der Waals surface area contributed by atoms with Crippen LogP contribution in [-0.4, -0.2) is 17.9 Å². The summed E-state index contributed by atoms with van der Waals surface area (Å²) in [5, 5.41) is 6.61. The summed E-state index contributed by atoms with van der Waals surface area (Å²) >= 11 is 5.28. The van der Waals surface area contributed by atoms with Gasteiger partial charge in [-0.05, 0) is 42.4 Å². The molecule has 2 heterocycles. The fourth-order valence-corrected chi connectivity index (χ4v) is 3.38. The minimum absolute atomic E-state index is 0.192. The maximum absolute atomic E-state index is 12.8. The zero-order valence-electron chi connectivity index (χ0n) is 14.7. The van der Waals surface area contributed by atoms with Crippen molar-refractivity contribution in [1.82, 2.24) is 10.6 Å². The van der Waals surface area contributed by atoms with Crippen LogP contribution in [0, 0.1) is 0 Å². The van der Waals surface area contributed by atoms with Crippen molar-refractivity contribution in [3.8, 4) is 11.5 Å². The Morgan fingerprint density at radius 1 is 1.19 bits per heavy atom. The van der Waals surface area contributed by atoms with E-state index in [0.717, 1.165) is 11.1 Å². The van der Waals surface area contributed by atoms with E-state index in [0.29, 0.717) is 27.9 Å². The van der Waals surface area contributed by atoms with Gasteiger partial charge in [0.1, 0.15) is 6.61 Å². The van der Waals surface area contributed by atoms with Crippen LogP contribution in [0.1, 0.15) is 24.1 Å². The molecular weight excluding hydrogens is 364 g/mol. The number of fused-ring (bicyclic) bond motifs is 1. The van der Waals surface area contributed by atoms with E-state index in [1.807, 2.05) is 55.5 Å². The van der Waals surface area contributed by atoms with Gasteiger partial charge in [0.15, 0.2) is 16.6 Å². The van der Waals surface area contributed by atoms with Gasteiger partial charge in [-0.1, -0.05) is 36.4 Å². The van der Waals surface area contributed by atoms with E-state index in [-0.39, 0.29) is 13.4 Å². The SMILES string of the molecule is CC1=C(C(=O)OCc2ccccc2)[C@H](c2ccc3c(c2)OCO3)NC(=S)N1. The van der Waals surface area contributed by atoms with Crippen LogP contribution in [0.4, 0.5) is 0 Å². The first-order chi connectivity index (χ1) is 13.1. The molecule has 0 aliphatic carbocycles. The van der Waals surface area contributed by atoms with Gasteiger partial charge >= 0.3 is 5.97 Å². The van der Waals surface area contributed by atoms with Gasteiger partial charge in [-0.2, -0.15) is 0 Å². The number of nitrogens with one attached hydrogen (secondary N) is 2. The Labute approximate surface area is 162 Å². The first-order valence-electron chi connectivity index (χ1n) is 8.50. The molecule has 2 aliphatic rings. The van der Waals surface area contributed by atoms with E-state index in [1.165, 1.54) is 0 Å². The van der Waals surface area contributed by atoms with E-state index >= 15 is 0 Å². The quantitative estimate of drug-likeness (QED) is 0.622. The topological polar surface area (TPSA) is 68.8 Å². The number of benzene rings is 2. The molecule has 6 nitrogen and oxygen atoms in total. The average molecular weight is 382 g/mol. The van der Waals surface area contributed by atoms with Crippen molar-refractivity contribution in [3.63, 3.8) is 0 Å². The molecule has 27 heavy (non-hydrogen) atoms. The standard InChI is InChI=1S/C20H18N2O4S/c1-12-17(19(23)24-10-13-5-3-2-4-6-13)18(22-20(27)21-12)14-7-8-15-16(9-14)26-11-25-15/h2-9,18H,10-11H2,1H3,(H2,21,22,27)/t18-/m0/s1. The summed E-state index contributed by atoms with van der Waals surface area (Å²) in [6, 6.07) is 14.7. The zero-order chi connectivity index (χ0) is 18.8. The fourth-order valence-electron chi connectivity index (χ4n) is 3.11. The third kappa shape index (κ3) is 3.59. The highest BCUT2D eigenvalue weighted by Gasteiger charge is 2.32. The summed E-state index contributed by atoms with van der Waals surface area (Å²) in [7, 11) is 0. The lowest BCUT2D eigenvalue weighted by molar-refractivity contribution is -0.140. The van der Waals surface area contributed by atoms with Crippen LogP contribution < -0.4 is 20.1 Å². The molecule has 0 saturated heterocycles. The maximum atomic E-state index is 12.8. The van der Waals surface area contributed by atoms with Gasteiger partial charge in [0.2, 0.25) is 6.79 Å². The minimum atomic E-state index is -0.434. The van der Waals surface area contributed by atoms with Crippen molar-refractivity contribution in [2.45, 2.75) is 19.6 Å². The van der Waals surface area contributed by atoms with Gasteiger partial charge < -0.3 is 24.8 Å². The summed E-state index contributed by atoms with van der Waals surface area (Å²) in [5.74, 6) is 0.930.